The molecule has 0 saturated heterocycles. The van der Waals surface area contributed by atoms with Gasteiger partial charge < -0.3 is 5.32 Å². The van der Waals surface area contributed by atoms with Crippen LogP contribution in [-0.2, 0) is 0 Å². The van der Waals surface area contributed by atoms with Crippen molar-refractivity contribution >= 4 is 29.2 Å². The Labute approximate surface area is 93.9 Å². The van der Waals surface area contributed by atoms with Crippen LogP contribution in [-0.4, -0.2) is 21.4 Å². The Kier molecular flexibility index (Phi) is 4.42. The summed E-state index contributed by atoms with van der Waals surface area (Å²) in [5.41, 5.74) is 0. The van der Waals surface area contributed by atoms with Gasteiger partial charge in [-0.2, -0.15) is 0 Å². The molecule has 0 saturated carbocycles. The molecule has 14 heavy (non-hydrogen) atoms. The molecule has 2 atom stereocenters. The van der Waals surface area contributed by atoms with Crippen molar-refractivity contribution in [1.82, 2.24) is 9.97 Å². The highest BCUT2D eigenvalue weighted by molar-refractivity contribution is 6.30. The lowest BCUT2D eigenvalue weighted by molar-refractivity contribution is 0.689. The van der Waals surface area contributed by atoms with E-state index in [0.717, 1.165) is 6.42 Å². The number of hydrogen-bond donors (Lipinski definition) is 1. The Hall–Kier alpha value is -0.540. The Balaban J connectivity index is 2.47. The van der Waals surface area contributed by atoms with Crippen LogP contribution in [0.3, 0.4) is 0 Å². The highest BCUT2D eigenvalue weighted by Crippen LogP contribution is 2.10. The first-order valence-electron chi connectivity index (χ1n) is 4.46. The van der Waals surface area contributed by atoms with Crippen LogP contribution in [0.5, 0.6) is 0 Å². The zero-order valence-electron chi connectivity index (χ0n) is 8.17. The monoisotopic (exact) mass is 233 g/mol. The number of aromatic nitrogens is 2. The summed E-state index contributed by atoms with van der Waals surface area (Å²) in [5, 5.41) is 3.81. The summed E-state index contributed by atoms with van der Waals surface area (Å²) in [5.74, 6) is 0.583. The van der Waals surface area contributed by atoms with Crippen molar-refractivity contribution in [3.8, 4) is 0 Å². The first kappa shape index (κ1) is 11.5. The molecule has 1 aromatic heterocycles. The smallest absolute Gasteiger partial charge is 0.222 e. The van der Waals surface area contributed by atoms with Gasteiger partial charge in [0.1, 0.15) is 0 Å². The minimum absolute atomic E-state index is 0.143. The summed E-state index contributed by atoms with van der Waals surface area (Å²) < 4.78 is 0. The second-order valence-corrected chi connectivity index (χ2v) is 4.47. The maximum Gasteiger partial charge on any atom is 0.222 e. The van der Waals surface area contributed by atoms with Crippen LogP contribution in [0.2, 0.25) is 5.02 Å². The fourth-order valence-corrected chi connectivity index (χ4v) is 1.52. The first-order chi connectivity index (χ1) is 6.58. The third-order valence-corrected chi connectivity index (χ3v) is 2.05. The molecule has 0 fully saturated rings. The molecular formula is C9H13Cl2N3. The van der Waals surface area contributed by atoms with Gasteiger partial charge in [0, 0.05) is 11.4 Å². The Morgan fingerprint density at radius 3 is 2.43 bits per heavy atom. The molecule has 0 aliphatic rings. The molecule has 1 N–H and O–H groups in total. The van der Waals surface area contributed by atoms with Gasteiger partial charge >= 0.3 is 0 Å². The van der Waals surface area contributed by atoms with E-state index in [9.17, 15) is 0 Å². The highest BCUT2D eigenvalue weighted by atomic mass is 35.5. The summed E-state index contributed by atoms with van der Waals surface area (Å²) in [4.78, 5) is 8.06. The molecule has 0 aromatic carbocycles. The summed E-state index contributed by atoms with van der Waals surface area (Å²) in [6.07, 6.45) is 4.00. The number of rotatable bonds is 4. The molecule has 0 aliphatic heterocycles. The van der Waals surface area contributed by atoms with Crippen LogP contribution in [0.4, 0.5) is 5.95 Å². The van der Waals surface area contributed by atoms with Gasteiger partial charge in [-0.1, -0.05) is 11.6 Å². The van der Waals surface area contributed by atoms with Crippen LogP contribution in [0.1, 0.15) is 20.3 Å². The summed E-state index contributed by atoms with van der Waals surface area (Å²) in [7, 11) is 0. The minimum atomic E-state index is 0.143. The van der Waals surface area contributed by atoms with E-state index in [1.165, 1.54) is 0 Å². The third-order valence-electron chi connectivity index (χ3n) is 1.67. The van der Waals surface area contributed by atoms with Crippen molar-refractivity contribution in [2.75, 3.05) is 5.32 Å². The number of anilines is 1. The SMILES string of the molecule is CC(Cl)CC(C)Nc1ncc(Cl)cn1. The van der Waals surface area contributed by atoms with Crippen LogP contribution >= 0.6 is 23.2 Å². The molecule has 0 aliphatic carbocycles. The van der Waals surface area contributed by atoms with Crippen molar-refractivity contribution in [3.05, 3.63) is 17.4 Å². The normalized spacial score (nSPS) is 14.9. The van der Waals surface area contributed by atoms with Crippen molar-refractivity contribution in [2.45, 2.75) is 31.7 Å². The van der Waals surface area contributed by atoms with Gasteiger partial charge in [0.25, 0.3) is 0 Å². The van der Waals surface area contributed by atoms with Crippen molar-refractivity contribution in [1.29, 1.82) is 0 Å². The highest BCUT2D eigenvalue weighted by Gasteiger charge is 2.06. The standard InChI is InChI=1S/C9H13Cl2N3/c1-6(10)3-7(2)14-9-12-4-8(11)5-13-9/h4-7H,3H2,1-2H3,(H,12,13,14). The quantitative estimate of drug-likeness (QED) is 0.814. The van der Waals surface area contributed by atoms with Crippen LogP contribution in [0.25, 0.3) is 0 Å². The third kappa shape index (κ3) is 4.11. The largest absolute Gasteiger partial charge is 0.352 e. The second-order valence-electron chi connectivity index (χ2n) is 3.29. The Morgan fingerprint density at radius 1 is 1.36 bits per heavy atom. The van der Waals surface area contributed by atoms with E-state index in [2.05, 4.69) is 15.3 Å². The lowest BCUT2D eigenvalue weighted by atomic mass is 10.2. The van der Waals surface area contributed by atoms with Gasteiger partial charge in [-0.25, -0.2) is 9.97 Å². The van der Waals surface area contributed by atoms with E-state index < -0.39 is 0 Å². The van der Waals surface area contributed by atoms with Crippen molar-refractivity contribution in [3.63, 3.8) is 0 Å². The average molecular weight is 234 g/mol. The van der Waals surface area contributed by atoms with Gasteiger partial charge in [-0.15, -0.1) is 11.6 Å². The zero-order chi connectivity index (χ0) is 10.6. The van der Waals surface area contributed by atoms with Crippen LogP contribution in [0.15, 0.2) is 12.4 Å². The fourth-order valence-electron chi connectivity index (χ4n) is 1.15. The first-order valence-corrected chi connectivity index (χ1v) is 5.27. The summed E-state index contributed by atoms with van der Waals surface area (Å²) >= 11 is 11.5. The van der Waals surface area contributed by atoms with Gasteiger partial charge in [0.15, 0.2) is 0 Å². The predicted molar refractivity (Wildman–Crippen MR) is 60.1 cm³/mol. The summed E-state index contributed by atoms with van der Waals surface area (Å²) in [6, 6.07) is 0.253. The zero-order valence-corrected chi connectivity index (χ0v) is 9.68. The molecular weight excluding hydrogens is 221 g/mol. The molecule has 78 valence electrons. The number of nitrogens with zero attached hydrogens (tertiary/aromatic N) is 2. The maximum atomic E-state index is 5.86. The van der Waals surface area contributed by atoms with Crippen molar-refractivity contribution < 1.29 is 0 Å². The molecule has 1 rings (SSSR count). The van der Waals surface area contributed by atoms with Crippen LogP contribution < -0.4 is 5.32 Å². The number of hydrogen-bond acceptors (Lipinski definition) is 3. The summed E-state index contributed by atoms with van der Waals surface area (Å²) in [6.45, 7) is 4.00. The molecule has 2 unspecified atom stereocenters. The van der Waals surface area contributed by atoms with E-state index in [1.807, 2.05) is 13.8 Å². The molecule has 5 heteroatoms. The lowest BCUT2D eigenvalue weighted by Crippen LogP contribution is -2.19. The second kappa shape index (κ2) is 5.37. The van der Waals surface area contributed by atoms with E-state index in [1.54, 1.807) is 12.4 Å². The van der Waals surface area contributed by atoms with E-state index >= 15 is 0 Å². The number of alkyl halides is 1. The number of nitrogens with one attached hydrogen (secondary N) is 1. The van der Waals surface area contributed by atoms with Crippen LogP contribution in [0, 0.1) is 0 Å². The molecule has 0 radical (unpaired) electrons. The number of halogens is 2. The maximum absolute atomic E-state index is 5.86. The van der Waals surface area contributed by atoms with Gasteiger partial charge in [-0.05, 0) is 20.3 Å². The van der Waals surface area contributed by atoms with Gasteiger partial charge in [-0.3, -0.25) is 0 Å². The van der Waals surface area contributed by atoms with E-state index in [0.29, 0.717) is 11.0 Å². The Morgan fingerprint density at radius 2 is 1.93 bits per heavy atom. The molecule has 0 spiro atoms. The lowest BCUT2D eigenvalue weighted by Gasteiger charge is -2.14. The fraction of sp³-hybridized carbons (Fsp3) is 0.556. The molecule has 0 bridgehead atoms. The molecule has 1 aromatic rings. The topological polar surface area (TPSA) is 37.8 Å². The van der Waals surface area contributed by atoms with Gasteiger partial charge in [0.05, 0.1) is 17.4 Å². The average Bonchev–Trinajstić information content (AvgIpc) is 2.07. The minimum Gasteiger partial charge on any atom is -0.352 e. The molecule has 3 nitrogen and oxygen atoms in total. The molecule has 1 heterocycles. The Bertz CT molecular complexity index is 274. The van der Waals surface area contributed by atoms with Crippen molar-refractivity contribution in [2.24, 2.45) is 0 Å². The van der Waals surface area contributed by atoms with Gasteiger partial charge in [0.2, 0.25) is 5.95 Å². The predicted octanol–water partition coefficient (Wildman–Crippen LogP) is 2.95. The molecule has 0 amide bonds. The van der Waals surface area contributed by atoms with E-state index in [4.69, 9.17) is 23.2 Å². The van der Waals surface area contributed by atoms with E-state index in [-0.39, 0.29) is 11.4 Å².